The van der Waals surface area contributed by atoms with Crippen LogP contribution in [0.15, 0.2) is 46.6 Å². The molecule has 3 aromatic heterocycles. The minimum Gasteiger partial charge on any atom is -0.378 e. The summed E-state index contributed by atoms with van der Waals surface area (Å²) in [6.45, 7) is 0. The zero-order valence-electron chi connectivity index (χ0n) is 13.1. The standard InChI is InChI=1S/C17H14N4OS2/c1-20(2)12-7-5-11(6-8-12)10-14-16(22)21-17(24-14)18-15(19-21)13-4-3-9-23-13/h3-10H,1-2H3. The SMILES string of the molecule is CN(C)c1ccc(C=c2sc3nc(-c4cccs4)nn3c2=O)cc1. The van der Waals surface area contributed by atoms with Gasteiger partial charge in [-0.2, -0.15) is 9.50 Å². The van der Waals surface area contributed by atoms with Crippen molar-refractivity contribution < 1.29 is 0 Å². The van der Waals surface area contributed by atoms with Crippen LogP contribution in [0.25, 0.3) is 21.7 Å². The Hall–Kier alpha value is -2.51. The lowest BCUT2D eigenvalue weighted by Crippen LogP contribution is -2.23. The van der Waals surface area contributed by atoms with Crippen LogP contribution in [0.5, 0.6) is 0 Å². The van der Waals surface area contributed by atoms with Crippen LogP contribution in [0.1, 0.15) is 5.56 Å². The molecule has 0 aliphatic carbocycles. The van der Waals surface area contributed by atoms with Crippen LogP contribution in [0.3, 0.4) is 0 Å². The van der Waals surface area contributed by atoms with Gasteiger partial charge in [0.2, 0.25) is 4.96 Å². The predicted octanol–water partition coefficient (Wildman–Crippen LogP) is 2.49. The predicted molar refractivity (Wildman–Crippen MR) is 100 cm³/mol. The molecule has 3 heterocycles. The monoisotopic (exact) mass is 354 g/mol. The maximum absolute atomic E-state index is 12.5. The summed E-state index contributed by atoms with van der Waals surface area (Å²) >= 11 is 2.93. The number of aromatic nitrogens is 3. The molecule has 1 aromatic carbocycles. The molecule has 0 amide bonds. The molecule has 0 saturated heterocycles. The lowest BCUT2D eigenvalue weighted by atomic mass is 10.2. The summed E-state index contributed by atoms with van der Waals surface area (Å²) in [5, 5.41) is 6.31. The van der Waals surface area contributed by atoms with Crippen LogP contribution in [0.2, 0.25) is 0 Å². The summed E-state index contributed by atoms with van der Waals surface area (Å²) in [6, 6.07) is 12.0. The minimum atomic E-state index is -0.123. The van der Waals surface area contributed by atoms with E-state index in [0.717, 1.165) is 16.1 Å². The average molecular weight is 354 g/mol. The molecule has 0 bridgehead atoms. The highest BCUT2D eigenvalue weighted by Crippen LogP contribution is 2.21. The molecule has 0 aliphatic rings. The van der Waals surface area contributed by atoms with Crippen LogP contribution in [-0.2, 0) is 0 Å². The lowest BCUT2D eigenvalue weighted by Gasteiger charge is -2.11. The Balaban J connectivity index is 1.76. The van der Waals surface area contributed by atoms with E-state index in [4.69, 9.17) is 0 Å². The first-order chi connectivity index (χ1) is 11.6. The first-order valence-corrected chi connectivity index (χ1v) is 9.04. The van der Waals surface area contributed by atoms with Crippen LogP contribution in [-0.4, -0.2) is 28.7 Å². The van der Waals surface area contributed by atoms with Gasteiger partial charge in [0.1, 0.15) is 0 Å². The van der Waals surface area contributed by atoms with E-state index in [9.17, 15) is 4.79 Å². The number of thiophene rings is 1. The fourth-order valence-corrected chi connectivity index (χ4v) is 3.92. The smallest absolute Gasteiger partial charge is 0.291 e. The molecule has 0 atom stereocenters. The Morgan fingerprint density at radius 3 is 2.58 bits per heavy atom. The van der Waals surface area contributed by atoms with Gasteiger partial charge in [-0.25, -0.2) is 0 Å². The van der Waals surface area contributed by atoms with E-state index in [-0.39, 0.29) is 5.56 Å². The fraction of sp³-hybridized carbons (Fsp3) is 0.118. The average Bonchev–Trinajstić information content (AvgIpc) is 3.27. The van der Waals surface area contributed by atoms with Crippen molar-refractivity contribution in [2.75, 3.05) is 19.0 Å². The molecule has 4 aromatic rings. The van der Waals surface area contributed by atoms with Gasteiger partial charge in [-0.3, -0.25) is 4.79 Å². The number of rotatable bonds is 3. The third kappa shape index (κ3) is 2.61. The number of hydrogen-bond acceptors (Lipinski definition) is 6. The van der Waals surface area contributed by atoms with Crippen LogP contribution in [0, 0.1) is 0 Å². The van der Waals surface area contributed by atoms with Crippen LogP contribution >= 0.6 is 22.7 Å². The summed E-state index contributed by atoms with van der Waals surface area (Å²) in [5.74, 6) is 0.607. The zero-order valence-corrected chi connectivity index (χ0v) is 14.8. The number of hydrogen-bond donors (Lipinski definition) is 0. The van der Waals surface area contributed by atoms with Gasteiger partial charge in [0.15, 0.2) is 5.82 Å². The minimum absolute atomic E-state index is 0.123. The second-order valence-electron chi connectivity index (χ2n) is 5.51. The van der Waals surface area contributed by atoms with Crippen molar-refractivity contribution in [2.24, 2.45) is 0 Å². The second-order valence-corrected chi connectivity index (χ2v) is 7.47. The summed E-state index contributed by atoms with van der Waals surface area (Å²) in [6.07, 6.45) is 1.88. The molecule has 0 aliphatic heterocycles. The van der Waals surface area contributed by atoms with Crippen molar-refractivity contribution in [1.82, 2.24) is 14.6 Å². The van der Waals surface area contributed by atoms with E-state index < -0.39 is 0 Å². The molecule has 0 saturated carbocycles. The Morgan fingerprint density at radius 1 is 1.17 bits per heavy atom. The molecule has 0 radical (unpaired) electrons. The van der Waals surface area contributed by atoms with Gasteiger partial charge >= 0.3 is 0 Å². The van der Waals surface area contributed by atoms with Gasteiger partial charge in [-0.05, 0) is 35.2 Å². The highest BCUT2D eigenvalue weighted by atomic mass is 32.1. The number of anilines is 1. The van der Waals surface area contributed by atoms with Crippen molar-refractivity contribution in [3.05, 3.63) is 62.2 Å². The Morgan fingerprint density at radius 2 is 1.96 bits per heavy atom. The van der Waals surface area contributed by atoms with Crippen molar-refractivity contribution >= 4 is 39.4 Å². The van der Waals surface area contributed by atoms with E-state index in [0.29, 0.717) is 15.3 Å². The van der Waals surface area contributed by atoms with Gasteiger partial charge in [-0.1, -0.05) is 29.5 Å². The second kappa shape index (κ2) is 5.85. The van der Waals surface area contributed by atoms with E-state index in [1.807, 2.05) is 66.8 Å². The van der Waals surface area contributed by atoms with Gasteiger partial charge in [0.05, 0.1) is 9.41 Å². The number of fused-ring (bicyclic) bond motifs is 1. The summed E-state index contributed by atoms with van der Waals surface area (Å²) < 4.78 is 2.03. The molecule has 0 N–H and O–H groups in total. The topological polar surface area (TPSA) is 50.5 Å². The van der Waals surface area contributed by atoms with Gasteiger partial charge < -0.3 is 4.90 Å². The molecule has 0 fully saturated rings. The van der Waals surface area contributed by atoms with Crippen LogP contribution in [0.4, 0.5) is 5.69 Å². The largest absolute Gasteiger partial charge is 0.378 e. The molecule has 120 valence electrons. The van der Waals surface area contributed by atoms with E-state index in [1.54, 1.807) is 11.3 Å². The lowest BCUT2D eigenvalue weighted by molar-refractivity contribution is 0.938. The van der Waals surface area contributed by atoms with Gasteiger partial charge in [0.25, 0.3) is 5.56 Å². The van der Waals surface area contributed by atoms with Gasteiger partial charge in [-0.15, -0.1) is 16.4 Å². The Kier molecular flexibility index (Phi) is 3.66. The molecule has 7 heteroatoms. The fourth-order valence-electron chi connectivity index (χ4n) is 2.36. The Bertz CT molecular complexity index is 1090. The van der Waals surface area contributed by atoms with Crippen molar-refractivity contribution in [1.29, 1.82) is 0 Å². The normalized spacial score (nSPS) is 12.2. The highest BCUT2D eigenvalue weighted by molar-refractivity contribution is 7.15. The van der Waals surface area contributed by atoms with Crippen molar-refractivity contribution in [2.45, 2.75) is 0 Å². The first-order valence-electron chi connectivity index (χ1n) is 7.34. The summed E-state index contributed by atoms with van der Waals surface area (Å²) in [5.41, 5.74) is 1.99. The Labute approximate surface area is 146 Å². The quantitative estimate of drug-likeness (QED) is 0.567. The first kappa shape index (κ1) is 15.0. The summed E-state index contributed by atoms with van der Waals surface area (Å²) in [4.78, 5) is 20.6. The molecule has 5 nitrogen and oxygen atoms in total. The zero-order chi connectivity index (χ0) is 16.7. The molecular weight excluding hydrogens is 340 g/mol. The third-order valence-electron chi connectivity index (χ3n) is 3.63. The number of benzene rings is 1. The molecule has 24 heavy (non-hydrogen) atoms. The van der Waals surface area contributed by atoms with E-state index >= 15 is 0 Å². The molecule has 0 spiro atoms. The van der Waals surface area contributed by atoms with E-state index in [2.05, 4.69) is 10.1 Å². The van der Waals surface area contributed by atoms with Gasteiger partial charge in [0, 0.05) is 19.8 Å². The number of nitrogens with zero attached hydrogens (tertiary/aromatic N) is 4. The molecular formula is C17H14N4OS2. The molecule has 0 unspecified atom stereocenters. The maximum Gasteiger partial charge on any atom is 0.291 e. The number of thiazole rings is 1. The van der Waals surface area contributed by atoms with Crippen LogP contribution < -0.4 is 15.0 Å². The van der Waals surface area contributed by atoms with Crippen molar-refractivity contribution in [3.63, 3.8) is 0 Å². The maximum atomic E-state index is 12.5. The van der Waals surface area contributed by atoms with Crippen molar-refractivity contribution in [3.8, 4) is 10.7 Å². The van der Waals surface area contributed by atoms with E-state index in [1.165, 1.54) is 15.9 Å². The third-order valence-corrected chi connectivity index (χ3v) is 5.46. The summed E-state index contributed by atoms with van der Waals surface area (Å²) in [7, 11) is 4.00. The highest BCUT2D eigenvalue weighted by Gasteiger charge is 2.12. The molecule has 4 rings (SSSR count).